The Bertz CT molecular complexity index is 1020. The lowest BCUT2D eigenvalue weighted by atomic mass is 10.1. The summed E-state index contributed by atoms with van der Waals surface area (Å²) in [4.78, 5) is 16.5. The molecule has 1 aliphatic rings. The van der Waals surface area contributed by atoms with Gasteiger partial charge in [-0.1, -0.05) is 0 Å². The van der Waals surface area contributed by atoms with E-state index >= 15 is 0 Å². The monoisotopic (exact) mass is 440 g/mol. The first-order valence-electron chi connectivity index (χ1n) is 9.36. The third-order valence-electron chi connectivity index (χ3n) is 4.84. The van der Waals surface area contributed by atoms with E-state index in [1.807, 2.05) is 12.1 Å². The van der Waals surface area contributed by atoms with Crippen molar-refractivity contribution in [2.24, 2.45) is 0 Å². The van der Waals surface area contributed by atoms with Gasteiger partial charge in [0.15, 0.2) is 23.2 Å². The van der Waals surface area contributed by atoms with Crippen LogP contribution in [-0.4, -0.2) is 72.5 Å². The van der Waals surface area contributed by atoms with Crippen molar-refractivity contribution in [3.63, 3.8) is 0 Å². The average molecular weight is 440 g/mol. The molecule has 0 radical (unpaired) electrons. The first-order chi connectivity index (χ1) is 14.8. The van der Waals surface area contributed by atoms with Gasteiger partial charge in [-0.3, -0.25) is 14.3 Å². The fourth-order valence-corrected chi connectivity index (χ4v) is 3.32. The number of aliphatic hydroxyl groups excluding tert-OH is 2. The summed E-state index contributed by atoms with van der Waals surface area (Å²) in [7, 11) is 0. The zero-order valence-corrected chi connectivity index (χ0v) is 16.0. The lowest BCUT2D eigenvalue weighted by Gasteiger charge is -2.16. The molecule has 0 aromatic carbocycles. The Balaban J connectivity index is 1.48. The maximum absolute atomic E-state index is 12.3. The van der Waals surface area contributed by atoms with E-state index in [4.69, 9.17) is 4.74 Å². The number of halogens is 3. The summed E-state index contributed by atoms with van der Waals surface area (Å²) in [6.45, 7) is -0.400. The van der Waals surface area contributed by atoms with Crippen molar-refractivity contribution in [2.45, 2.75) is 37.3 Å². The third kappa shape index (κ3) is 4.74. The molecule has 0 spiro atoms. The van der Waals surface area contributed by atoms with E-state index in [2.05, 4.69) is 30.0 Å². The van der Waals surface area contributed by atoms with Gasteiger partial charge in [0.1, 0.15) is 24.6 Å². The van der Waals surface area contributed by atoms with Crippen LogP contribution in [0.1, 0.15) is 11.8 Å². The van der Waals surface area contributed by atoms with Crippen molar-refractivity contribution in [3.8, 4) is 0 Å². The van der Waals surface area contributed by atoms with Crippen molar-refractivity contribution in [3.05, 3.63) is 42.7 Å². The Morgan fingerprint density at radius 1 is 1.13 bits per heavy atom. The van der Waals surface area contributed by atoms with Crippen LogP contribution in [0.5, 0.6) is 0 Å². The fraction of sp³-hybridized carbons (Fsp3) is 0.444. The van der Waals surface area contributed by atoms with Crippen LogP contribution < -0.4 is 5.32 Å². The molecular formula is C18H19F3N6O4. The van der Waals surface area contributed by atoms with E-state index in [-0.39, 0.29) is 5.65 Å². The molecule has 3 aromatic heterocycles. The summed E-state index contributed by atoms with van der Waals surface area (Å²) >= 11 is 0. The molecule has 13 heteroatoms. The van der Waals surface area contributed by atoms with Crippen LogP contribution in [0.2, 0.25) is 0 Å². The van der Waals surface area contributed by atoms with Crippen LogP contribution in [-0.2, 0) is 15.9 Å². The number of fused-ring (bicyclic) bond motifs is 1. The molecule has 0 saturated carbocycles. The Kier molecular flexibility index (Phi) is 6.00. The Labute approximate surface area is 173 Å². The predicted molar refractivity (Wildman–Crippen MR) is 99.7 cm³/mol. The number of aromatic nitrogens is 5. The third-order valence-corrected chi connectivity index (χ3v) is 4.84. The summed E-state index contributed by atoms with van der Waals surface area (Å²) in [5.41, 5.74) is 1.76. The smallest absolute Gasteiger partial charge is 0.387 e. The van der Waals surface area contributed by atoms with E-state index in [9.17, 15) is 23.4 Å². The van der Waals surface area contributed by atoms with Crippen LogP contribution in [0.25, 0.3) is 11.2 Å². The molecule has 1 fully saturated rings. The first-order valence-corrected chi connectivity index (χ1v) is 9.36. The van der Waals surface area contributed by atoms with Gasteiger partial charge >= 0.3 is 6.36 Å². The standard InChI is InChI=1S/C18H19F3N6O4/c19-18(20,21)30-7-11-13(28)14(29)17(31-11)27-9-26-12-15(24-8-25-16(12)27)23-6-3-10-1-4-22-5-2-10/h1-2,4-5,8-9,11,13-14,17,28-29H,3,6-7H2,(H,23,24,25)/t11-,13-,14-,17-/m1/s1. The summed E-state index contributed by atoms with van der Waals surface area (Å²) in [5.74, 6) is 0.447. The number of nitrogens with zero attached hydrogens (tertiary/aromatic N) is 5. The van der Waals surface area contributed by atoms with Crippen molar-refractivity contribution in [1.29, 1.82) is 0 Å². The molecule has 10 nitrogen and oxygen atoms in total. The highest BCUT2D eigenvalue weighted by molar-refractivity contribution is 5.82. The molecule has 0 aliphatic carbocycles. The number of aliphatic hydroxyl groups is 2. The minimum absolute atomic E-state index is 0.287. The Morgan fingerprint density at radius 3 is 2.65 bits per heavy atom. The maximum Gasteiger partial charge on any atom is 0.522 e. The Morgan fingerprint density at radius 2 is 1.90 bits per heavy atom. The number of nitrogens with one attached hydrogen (secondary N) is 1. The SMILES string of the molecule is O[C@@H]1[C@H](O)[C@@H](COC(F)(F)F)O[C@H]1n1cnc2c(NCCc3ccncc3)ncnc21. The topological polar surface area (TPSA) is 127 Å². The van der Waals surface area contributed by atoms with Gasteiger partial charge in [-0.2, -0.15) is 0 Å². The highest BCUT2D eigenvalue weighted by atomic mass is 19.4. The van der Waals surface area contributed by atoms with Crippen LogP contribution in [0.4, 0.5) is 19.0 Å². The maximum atomic E-state index is 12.3. The van der Waals surface area contributed by atoms with E-state index < -0.39 is 37.5 Å². The molecule has 31 heavy (non-hydrogen) atoms. The highest BCUT2D eigenvalue weighted by Crippen LogP contribution is 2.33. The van der Waals surface area contributed by atoms with Gasteiger partial charge in [-0.05, 0) is 24.1 Å². The molecule has 1 aliphatic heterocycles. The van der Waals surface area contributed by atoms with Crippen molar-refractivity contribution in [1.82, 2.24) is 24.5 Å². The van der Waals surface area contributed by atoms with Crippen LogP contribution >= 0.6 is 0 Å². The van der Waals surface area contributed by atoms with E-state index in [1.165, 1.54) is 17.2 Å². The lowest BCUT2D eigenvalue weighted by molar-refractivity contribution is -0.333. The first kappa shape index (κ1) is 21.4. The van der Waals surface area contributed by atoms with Gasteiger partial charge < -0.3 is 20.3 Å². The van der Waals surface area contributed by atoms with Gasteiger partial charge in [0.2, 0.25) is 0 Å². The summed E-state index contributed by atoms with van der Waals surface area (Å²) in [6.07, 6.45) is -3.80. The fourth-order valence-electron chi connectivity index (χ4n) is 3.32. The number of rotatable bonds is 7. The normalized spacial score (nSPS) is 24.0. The minimum atomic E-state index is -4.88. The number of ether oxygens (including phenoxy) is 2. The molecule has 0 unspecified atom stereocenters. The van der Waals surface area contributed by atoms with Gasteiger partial charge in [-0.15, -0.1) is 13.2 Å². The summed E-state index contributed by atoms with van der Waals surface area (Å²) < 4.78 is 47.4. The molecular weight excluding hydrogens is 421 g/mol. The van der Waals surface area contributed by atoms with Gasteiger partial charge in [-0.25, -0.2) is 15.0 Å². The minimum Gasteiger partial charge on any atom is -0.387 e. The van der Waals surface area contributed by atoms with Crippen molar-refractivity contribution in [2.75, 3.05) is 18.5 Å². The summed E-state index contributed by atoms with van der Waals surface area (Å²) in [6, 6.07) is 3.80. The van der Waals surface area contributed by atoms with Crippen molar-refractivity contribution >= 4 is 17.0 Å². The van der Waals surface area contributed by atoms with Gasteiger partial charge in [0.25, 0.3) is 0 Å². The number of imidazole rings is 1. The number of pyridine rings is 1. The highest BCUT2D eigenvalue weighted by Gasteiger charge is 2.46. The lowest BCUT2D eigenvalue weighted by Crippen LogP contribution is -2.35. The number of hydrogen-bond acceptors (Lipinski definition) is 9. The second-order valence-corrected chi connectivity index (χ2v) is 6.88. The molecule has 3 aromatic rings. The number of anilines is 1. The zero-order valence-electron chi connectivity index (χ0n) is 16.0. The quantitative estimate of drug-likeness (QED) is 0.494. The van der Waals surface area contributed by atoms with Crippen LogP contribution in [0.3, 0.4) is 0 Å². The largest absolute Gasteiger partial charge is 0.522 e. The number of alkyl halides is 3. The second kappa shape index (κ2) is 8.70. The average Bonchev–Trinajstić information content (AvgIpc) is 3.29. The van der Waals surface area contributed by atoms with Gasteiger partial charge in [0.05, 0.1) is 12.9 Å². The van der Waals surface area contributed by atoms with Crippen LogP contribution in [0.15, 0.2) is 37.2 Å². The summed E-state index contributed by atoms with van der Waals surface area (Å²) in [5, 5.41) is 23.5. The van der Waals surface area contributed by atoms with E-state index in [0.29, 0.717) is 24.3 Å². The Hall–Kier alpha value is -2.87. The predicted octanol–water partition coefficient (Wildman–Crippen LogP) is 1.03. The molecule has 4 atom stereocenters. The van der Waals surface area contributed by atoms with E-state index in [1.54, 1.807) is 12.4 Å². The zero-order chi connectivity index (χ0) is 22.0. The van der Waals surface area contributed by atoms with E-state index in [0.717, 1.165) is 5.56 Å². The molecule has 166 valence electrons. The molecule has 3 N–H and O–H groups in total. The molecule has 0 bridgehead atoms. The van der Waals surface area contributed by atoms with Crippen LogP contribution in [0, 0.1) is 0 Å². The molecule has 1 saturated heterocycles. The molecule has 4 heterocycles. The van der Waals surface area contributed by atoms with Crippen molar-refractivity contribution < 1.29 is 32.9 Å². The second-order valence-electron chi connectivity index (χ2n) is 6.88. The molecule has 4 rings (SSSR count). The number of hydrogen-bond donors (Lipinski definition) is 3. The van der Waals surface area contributed by atoms with Gasteiger partial charge in [0, 0.05) is 18.9 Å². The molecule has 0 amide bonds.